The largest absolute Gasteiger partial charge is 0.508 e. The maximum atomic E-state index is 13.6. The number of nitrogen functional groups attached to an aromatic ring is 4. The van der Waals surface area contributed by atoms with E-state index in [0.717, 1.165) is 0 Å². The normalized spacial score (nSPS) is 12.1. The Morgan fingerprint density at radius 3 is 1.31 bits per heavy atom. The Kier molecular flexibility index (Phi) is 5.06. The molecule has 0 fully saturated rings. The highest BCUT2D eigenvalue weighted by molar-refractivity contribution is 6.35. The van der Waals surface area contributed by atoms with Crippen LogP contribution >= 0.6 is 0 Å². The second kappa shape index (κ2) is 8.13. The van der Waals surface area contributed by atoms with Gasteiger partial charge in [-0.25, -0.2) is 0 Å². The van der Waals surface area contributed by atoms with Crippen LogP contribution in [0.15, 0.2) is 60.7 Å². The van der Waals surface area contributed by atoms with Crippen molar-refractivity contribution in [2.24, 2.45) is 0 Å². The zero-order valence-electron chi connectivity index (χ0n) is 18.6. The van der Waals surface area contributed by atoms with E-state index in [-0.39, 0.29) is 79.5 Å². The molecule has 1 aliphatic rings. The Morgan fingerprint density at radius 2 is 0.944 bits per heavy atom. The second-order valence-corrected chi connectivity index (χ2v) is 8.11. The molecule has 0 radical (unpaired) electrons. The molecule has 5 rings (SSSR count). The fraction of sp³-hybridized carbons (Fsp3) is 0. The van der Waals surface area contributed by atoms with Crippen molar-refractivity contribution in [3.05, 3.63) is 82.9 Å². The van der Waals surface area contributed by atoms with Crippen molar-refractivity contribution in [3.63, 3.8) is 0 Å². The number of hydrogen-bond acceptors (Lipinski definition) is 10. The van der Waals surface area contributed by atoms with Gasteiger partial charge in [0.1, 0.15) is 23.0 Å². The van der Waals surface area contributed by atoms with E-state index in [0.29, 0.717) is 0 Å². The predicted molar refractivity (Wildman–Crippen MR) is 134 cm³/mol. The van der Waals surface area contributed by atoms with Gasteiger partial charge in [0.25, 0.3) is 0 Å². The summed E-state index contributed by atoms with van der Waals surface area (Å²) in [6.45, 7) is 0. The highest BCUT2D eigenvalue weighted by atomic mass is 16.5. The maximum absolute atomic E-state index is 13.6. The van der Waals surface area contributed by atoms with E-state index in [2.05, 4.69) is 0 Å². The molecule has 0 aromatic heterocycles. The van der Waals surface area contributed by atoms with Crippen molar-refractivity contribution in [3.8, 4) is 34.5 Å². The molecule has 4 aromatic rings. The third-order valence-corrected chi connectivity index (χ3v) is 5.72. The van der Waals surface area contributed by atoms with Gasteiger partial charge >= 0.3 is 0 Å². The quantitative estimate of drug-likeness (QED) is 0.204. The lowest BCUT2D eigenvalue weighted by Gasteiger charge is -2.25. The lowest BCUT2D eigenvalue weighted by Crippen LogP contribution is -2.26. The maximum Gasteiger partial charge on any atom is 0.198 e. The number of carbonyl (C=O) groups is 2. The zero-order chi connectivity index (χ0) is 25.7. The molecular formula is C26H20N4O6. The molecular weight excluding hydrogens is 464 g/mol. The number of ketones is 2. The monoisotopic (exact) mass is 484 g/mol. The molecule has 10 heteroatoms. The molecule has 180 valence electrons. The Labute approximate surface area is 204 Å². The first-order chi connectivity index (χ1) is 17.2. The number of nitrogens with two attached hydrogens (primary N) is 4. The first kappa shape index (κ1) is 22.4. The molecule has 0 heterocycles. The highest BCUT2D eigenvalue weighted by Crippen LogP contribution is 2.46. The van der Waals surface area contributed by atoms with E-state index in [1.165, 1.54) is 36.4 Å². The molecule has 0 spiro atoms. The fourth-order valence-electron chi connectivity index (χ4n) is 4.11. The van der Waals surface area contributed by atoms with Crippen LogP contribution in [0.4, 0.5) is 22.7 Å². The van der Waals surface area contributed by atoms with Crippen LogP contribution in [-0.2, 0) is 0 Å². The average molecular weight is 484 g/mol. The van der Waals surface area contributed by atoms with Gasteiger partial charge in [0.2, 0.25) is 0 Å². The summed E-state index contributed by atoms with van der Waals surface area (Å²) in [5, 5.41) is 19.4. The van der Waals surface area contributed by atoms with Gasteiger partial charge in [0.05, 0.1) is 33.6 Å². The number of carbonyl (C=O) groups excluding carboxylic acids is 2. The Balaban J connectivity index is 1.63. The Hall–Kier alpha value is -5.38. The Bertz CT molecular complexity index is 1480. The van der Waals surface area contributed by atoms with Gasteiger partial charge in [-0.15, -0.1) is 0 Å². The standard InChI is InChI=1S/C26H20N4O6/c27-15-9-17(35-13-5-1-3-11(31)7-13)23(29)21-19(15)26(34)22-20(25(21)33)16(28)10-18(24(22)30)36-14-6-2-4-12(32)8-14/h1-10,31-32H,27-30H2. The molecule has 4 aromatic carbocycles. The summed E-state index contributed by atoms with van der Waals surface area (Å²) in [6, 6.07) is 14.5. The van der Waals surface area contributed by atoms with Crippen molar-refractivity contribution in [1.82, 2.24) is 0 Å². The van der Waals surface area contributed by atoms with E-state index in [4.69, 9.17) is 32.4 Å². The van der Waals surface area contributed by atoms with Gasteiger partial charge in [-0.3, -0.25) is 9.59 Å². The van der Waals surface area contributed by atoms with Crippen molar-refractivity contribution < 1.29 is 29.3 Å². The number of benzene rings is 4. The predicted octanol–water partition coefficient (Wildman–Crippen LogP) is 3.79. The average Bonchev–Trinajstić information content (AvgIpc) is 2.81. The molecule has 0 saturated heterocycles. The molecule has 1 aliphatic carbocycles. The SMILES string of the molecule is Nc1cc(Oc2cccc(O)c2)c(N)c2c1C(=O)c1c(N)c(Oc3cccc(O)c3)cc(N)c1C2=O. The summed E-state index contributed by atoms with van der Waals surface area (Å²) in [5.41, 5.74) is 24.0. The van der Waals surface area contributed by atoms with Crippen LogP contribution in [0.3, 0.4) is 0 Å². The smallest absolute Gasteiger partial charge is 0.198 e. The van der Waals surface area contributed by atoms with Gasteiger partial charge in [-0.2, -0.15) is 0 Å². The minimum absolute atomic E-state index is 0.0248. The van der Waals surface area contributed by atoms with E-state index in [1.54, 1.807) is 24.3 Å². The van der Waals surface area contributed by atoms with Gasteiger partial charge in [-0.05, 0) is 24.3 Å². The van der Waals surface area contributed by atoms with E-state index >= 15 is 0 Å². The number of phenols is 2. The molecule has 10 nitrogen and oxygen atoms in total. The third kappa shape index (κ3) is 3.53. The first-order valence-corrected chi connectivity index (χ1v) is 10.6. The summed E-state index contributed by atoms with van der Waals surface area (Å²) in [7, 11) is 0. The third-order valence-electron chi connectivity index (χ3n) is 5.72. The molecule has 0 bridgehead atoms. The topological polar surface area (TPSA) is 197 Å². The molecule has 0 atom stereocenters. The van der Waals surface area contributed by atoms with Crippen molar-refractivity contribution in [1.29, 1.82) is 0 Å². The second-order valence-electron chi connectivity index (χ2n) is 8.11. The number of fused-ring (bicyclic) bond motifs is 2. The van der Waals surface area contributed by atoms with Crippen LogP contribution in [0, 0.1) is 0 Å². The van der Waals surface area contributed by atoms with Crippen LogP contribution in [-0.4, -0.2) is 21.8 Å². The lowest BCUT2D eigenvalue weighted by molar-refractivity contribution is 0.0981. The van der Waals surface area contributed by atoms with Crippen LogP contribution in [0.25, 0.3) is 0 Å². The fourth-order valence-corrected chi connectivity index (χ4v) is 4.11. The van der Waals surface area contributed by atoms with E-state index in [1.807, 2.05) is 0 Å². The van der Waals surface area contributed by atoms with Gasteiger partial charge in [-0.1, -0.05) is 12.1 Å². The number of ether oxygens (including phenoxy) is 2. The molecule has 0 amide bonds. The molecule has 0 unspecified atom stereocenters. The van der Waals surface area contributed by atoms with Crippen LogP contribution in [0.2, 0.25) is 0 Å². The molecule has 0 aliphatic heterocycles. The molecule has 36 heavy (non-hydrogen) atoms. The number of anilines is 4. The number of aromatic hydroxyl groups is 2. The zero-order valence-corrected chi connectivity index (χ0v) is 18.6. The van der Waals surface area contributed by atoms with Gasteiger partial charge < -0.3 is 42.6 Å². The van der Waals surface area contributed by atoms with E-state index in [9.17, 15) is 19.8 Å². The molecule has 0 saturated carbocycles. The van der Waals surface area contributed by atoms with Crippen LogP contribution in [0.1, 0.15) is 31.8 Å². The molecule has 10 N–H and O–H groups in total. The number of rotatable bonds is 4. The number of phenolic OH excluding ortho intramolecular Hbond substituents is 2. The lowest BCUT2D eigenvalue weighted by atomic mass is 9.80. The van der Waals surface area contributed by atoms with Gasteiger partial charge in [0.15, 0.2) is 23.1 Å². The summed E-state index contributed by atoms with van der Waals surface area (Å²) in [5.74, 6) is -0.847. The number of hydrogen-bond donors (Lipinski definition) is 6. The highest BCUT2D eigenvalue weighted by Gasteiger charge is 2.38. The van der Waals surface area contributed by atoms with Crippen molar-refractivity contribution >= 4 is 34.3 Å². The minimum atomic E-state index is -0.654. The van der Waals surface area contributed by atoms with Crippen molar-refractivity contribution in [2.45, 2.75) is 0 Å². The minimum Gasteiger partial charge on any atom is -0.508 e. The van der Waals surface area contributed by atoms with E-state index < -0.39 is 11.6 Å². The summed E-state index contributed by atoms with van der Waals surface area (Å²) in [4.78, 5) is 27.2. The van der Waals surface area contributed by atoms with Gasteiger partial charge in [0, 0.05) is 35.6 Å². The summed E-state index contributed by atoms with van der Waals surface area (Å²) in [6.07, 6.45) is 0. The van der Waals surface area contributed by atoms with Crippen LogP contribution in [0.5, 0.6) is 34.5 Å². The summed E-state index contributed by atoms with van der Waals surface area (Å²) >= 11 is 0. The van der Waals surface area contributed by atoms with Crippen LogP contribution < -0.4 is 32.4 Å². The Morgan fingerprint density at radius 1 is 0.556 bits per heavy atom. The first-order valence-electron chi connectivity index (χ1n) is 10.6. The summed E-state index contributed by atoms with van der Waals surface area (Å²) < 4.78 is 11.5. The van der Waals surface area contributed by atoms with Crippen molar-refractivity contribution in [2.75, 3.05) is 22.9 Å².